The van der Waals surface area contributed by atoms with Crippen LogP contribution in [0.5, 0.6) is 0 Å². The third-order valence-electron chi connectivity index (χ3n) is 4.90. The minimum atomic E-state index is 0.227. The van der Waals surface area contributed by atoms with Crippen LogP contribution in [0.4, 0.5) is 0 Å². The third-order valence-corrected chi connectivity index (χ3v) is 4.90. The van der Waals surface area contributed by atoms with Crippen LogP contribution >= 0.6 is 0 Å². The average molecular weight is 254 g/mol. The molecule has 0 N–H and O–H groups in total. The Bertz CT molecular complexity index is 458. The Morgan fingerprint density at radius 1 is 1.11 bits per heavy atom. The van der Waals surface area contributed by atoms with Crippen LogP contribution in [0.25, 0.3) is 0 Å². The quantitative estimate of drug-likeness (QED) is 0.824. The van der Waals surface area contributed by atoms with Crippen molar-refractivity contribution in [3.05, 3.63) is 35.9 Å². The second-order valence-electron chi connectivity index (χ2n) is 6.12. The molecule has 0 saturated heterocycles. The van der Waals surface area contributed by atoms with Gasteiger partial charge >= 0.3 is 0 Å². The smallest absolute Gasteiger partial charge is 0.0672 e. The minimum Gasteiger partial charge on any atom is -0.299 e. The molecule has 0 bridgehead atoms. The monoisotopic (exact) mass is 254 g/mol. The Morgan fingerprint density at radius 3 is 2.47 bits per heavy atom. The Morgan fingerprint density at radius 2 is 1.84 bits per heavy atom. The maximum absolute atomic E-state index is 9.39. The van der Waals surface area contributed by atoms with Gasteiger partial charge in [-0.2, -0.15) is 5.26 Å². The van der Waals surface area contributed by atoms with Crippen molar-refractivity contribution in [1.29, 1.82) is 5.26 Å². The highest BCUT2D eigenvalue weighted by atomic mass is 15.2. The van der Waals surface area contributed by atoms with E-state index >= 15 is 0 Å². The number of rotatable bonds is 3. The van der Waals surface area contributed by atoms with Crippen molar-refractivity contribution in [3.8, 4) is 6.07 Å². The highest BCUT2D eigenvalue weighted by molar-refractivity contribution is 5.21. The molecule has 3 unspecified atom stereocenters. The fourth-order valence-electron chi connectivity index (χ4n) is 3.53. The Kier molecular flexibility index (Phi) is 3.57. The molecule has 19 heavy (non-hydrogen) atoms. The van der Waals surface area contributed by atoms with Gasteiger partial charge in [-0.1, -0.05) is 30.3 Å². The molecule has 0 aromatic heterocycles. The summed E-state index contributed by atoms with van der Waals surface area (Å²) in [5.74, 6) is 0.863. The Balaban J connectivity index is 1.75. The first kappa shape index (κ1) is 12.7. The fraction of sp³-hybridized carbons (Fsp3) is 0.588. The molecule has 1 aromatic carbocycles. The van der Waals surface area contributed by atoms with Gasteiger partial charge in [-0.25, -0.2) is 0 Å². The van der Waals surface area contributed by atoms with Crippen LogP contribution in [-0.2, 0) is 0 Å². The van der Waals surface area contributed by atoms with Crippen molar-refractivity contribution >= 4 is 0 Å². The van der Waals surface area contributed by atoms with Crippen LogP contribution in [0.2, 0.25) is 0 Å². The van der Waals surface area contributed by atoms with Crippen LogP contribution in [0.3, 0.4) is 0 Å². The summed E-state index contributed by atoms with van der Waals surface area (Å²) in [5, 5.41) is 9.39. The number of benzene rings is 1. The lowest BCUT2D eigenvalue weighted by atomic mass is 9.75. The second kappa shape index (κ2) is 5.35. The summed E-state index contributed by atoms with van der Waals surface area (Å²) in [6.07, 6.45) is 6.01. The normalized spacial score (nSPS) is 31.1. The summed E-state index contributed by atoms with van der Waals surface area (Å²) in [7, 11) is 2.22. The van der Waals surface area contributed by atoms with Gasteiger partial charge in [0, 0.05) is 12.1 Å². The zero-order valence-electron chi connectivity index (χ0n) is 11.6. The molecule has 0 spiro atoms. The molecule has 0 amide bonds. The molecular weight excluding hydrogens is 232 g/mol. The molecule has 2 nitrogen and oxygen atoms in total. The zero-order valence-corrected chi connectivity index (χ0v) is 11.6. The maximum atomic E-state index is 9.39. The highest BCUT2D eigenvalue weighted by Gasteiger charge is 2.39. The van der Waals surface area contributed by atoms with Crippen LogP contribution in [-0.4, -0.2) is 24.0 Å². The molecule has 3 atom stereocenters. The standard InChI is InChI=1S/C17H22N2/c1-19(16-9-10-16)17-11-14(7-8-15(17)12-18)13-5-3-2-4-6-13/h2-6,14-17H,7-11H2,1H3. The van der Waals surface area contributed by atoms with E-state index in [9.17, 15) is 5.26 Å². The largest absolute Gasteiger partial charge is 0.299 e. The third kappa shape index (κ3) is 2.67. The van der Waals surface area contributed by atoms with Crippen LogP contribution in [0, 0.1) is 17.2 Å². The van der Waals surface area contributed by atoms with Gasteiger partial charge in [0.1, 0.15) is 0 Å². The molecule has 3 rings (SSSR count). The van der Waals surface area contributed by atoms with E-state index in [4.69, 9.17) is 0 Å². The predicted octanol–water partition coefficient (Wildman–Crippen LogP) is 3.56. The van der Waals surface area contributed by atoms with E-state index in [2.05, 4.69) is 48.3 Å². The Hall–Kier alpha value is -1.33. The van der Waals surface area contributed by atoms with Crippen molar-refractivity contribution in [2.75, 3.05) is 7.05 Å². The van der Waals surface area contributed by atoms with E-state index in [1.54, 1.807) is 0 Å². The Labute approximate surface area is 116 Å². The van der Waals surface area contributed by atoms with Gasteiger partial charge in [-0.3, -0.25) is 4.90 Å². The van der Waals surface area contributed by atoms with Gasteiger partial charge in [-0.05, 0) is 50.6 Å². The lowest BCUT2D eigenvalue weighted by Crippen LogP contribution is -2.42. The summed E-state index contributed by atoms with van der Waals surface area (Å²) in [6.45, 7) is 0. The molecule has 2 heteroatoms. The summed E-state index contributed by atoms with van der Waals surface area (Å²) < 4.78 is 0. The molecule has 2 aliphatic carbocycles. The maximum Gasteiger partial charge on any atom is 0.0672 e. The van der Waals surface area contributed by atoms with E-state index in [0.29, 0.717) is 12.0 Å². The summed E-state index contributed by atoms with van der Waals surface area (Å²) in [5.41, 5.74) is 1.45. The molecule has 1 aromatic rings. The van der Waals surface area contributed by atoms with Gasteiger partial charge in [0.25, 0.3) is 0 Å². The SMILES string of the molecule is CN(C1CC1)C1CC(c2ccccc2)CCC1C#N. The van der Waals surface area contributed by atoms with Crippen molar-refractivity contribution in [3.63, 3.8) is 0 Å². The number of nitrogens with zero attached hydrogens (tertiary/aromatic N) is 2. The lowest BCUT2D eigenvalue weighted by molar-refractivity contribution is 0.138. The van der Waals surface area contributed by atoms with Gasteiger partial charge in [0.15, 0.2) is 0 Å². The second-order valence-corrected chi connectivity index (χ2v) is 6.12. The van der Waals surface area contributed by atoms with Crippen molar-refractivity contribution in [1.82, 2.24) is 4.90 Å². The van der Waals surface area contributed by atoms with Gasteiger partial charge < -0.3 is 0 Å². The van der Waals surface area contributed by atoms with Crippen LogP contribution in [0.1, 0.15) is 43.6 Å². The summed E-state index contributed by atoms with van der Waals surface area (Å²) in [4.78, 5) is 2.49. The molecular formula is C17H22N2. The number of nitriles is 1. The summed E-state index contributed by atoms with van der Waals surface area (Å²) in [6, 6.07) is 14.6. The molecule has 0 heterocycles. The predicted molar refractivity (Wildman–Crippen MR) is 76.7 cm³/mol. The van der Waals surface area contributed by atoms with Crippen molar-refractivity contribution in [2.24, 2.45) is 5.92 Å². The van der Waals surface area contributed by atoms with Gasteiger partial charge in [0.05, 0.1) is 12.0 Å². The molecule has 100 valence electrons. The first-order chi connectivity index (χ1) is 9.29. The van der Waals surface area contributed by atoms with E-state index in [1.165, 1.54) is 18.4 Å². The fourth-order valence-corrected chi connectivity index (χ4v) is 3.53. The molecule has 2 fully saturated rings. The van der Waals surface area contributed by atoms with Gasteiger partial charge in [-0.15, -0.1) is 0 Å². The topological polar surface area (TPSA) is 27.0 Å². The van der Waals surface area contributed by atoms with Crippen molar-refractivity contribution < 1.29 is 0 Å². The minimum absolute atomic E-state index is 0.227. The van der Waals surface area contributed by atoms with E-state index in [1.807, 2.05) is 0 Å². The lowest BCUT2D eigenvalue weighted by Gasteiger charge is -2.38. The molecule has 0 aliphatic heterocycles. The first-order valence-electron chi connectivity index (χ1n) is 7.46. The molecule has 2 aliphatic rings. The van der Waals surface area contributed by atoms with Crippen LogP contribution < -0.4 is 0 Å². The number of hydrogen-bond acceptors (Lipinski definition) is 2. The highest BCUT2D eigenvalue weighted by Crippen LogP contribution is 2.40. The van der Waals surface area contributed by atoms with Crippen LogP contribution in [0.15, 0.2) is 30.3 Å². The molecule has 2 saturated carbocycles. The number of hydrogen-bond donors (Lipinski definition) is 0. The summed E-state index contributed by atoms with van der Waals surface area (Å²) >= 11 is 0. The van der Waals surface area contributed by atoms with Crippen molar-refractivity contribution in [2.45, 2.75) is 50.1 Å². The van der Waals surface area contributed by atoms with E-state index < -0.39 is 0 Å². The zero-order chi connectivity index (χ0) is 13.2. The van der Waals surface area contributed by atoms with E-state index in [0.717, 1.165) is 25.3 Å². The molecule has 0 radical (unpaired) electrons. The average Bonchev–Trinajstić information content (AvgIpc) is 3.31. The van der Waals surface area contributed by atoms with Gasteiger partial charge in [0.2, 0.25) is 0 Å². The first-order valence-corrected chi connectivity index (χ1v) is 7.46. The van der Waals surface area contributed by atoms with E-state index in [-0.39, 0.29) is 5.92 Å².